The van der Waals surface area contributed by atoms with Gasteiger partial charge in [-0.2, -0.15) is 5.10 Å². The monoisotopic (exact) mass is 446 g/mol. The van der Waals surface area contributed by atoms with Gasteiger partial charge in [-0.15, -0.1) is 0 Å². The van der Waals surface area contributed by atoms with Crippen molar-refractivity contribution in [1.82, 2.24) is 14.8 Å². The summed E-state index contributed by atoms with van der Waals surface area (Å²) in [5, 5.41) is 7.10. The summed E-state index contributed by atoms with van der Waals surface area (Å²) in [7, 11) is 4.26. The van der Waals surface area contributed by atoms with Gasteiger partial charge in [-0.05, 0) is 30.3 Å². The zero-order chi connectivity index (χ0) is 22.4. The number of halogens is 1. The Morgan fingerprint density at radius 3 is 2.48 bits per heavy atom. The summed E-state index contributed by atoms with van der Waals surface area (Å²) < 4.78 is 22.3. The van der Waals surface area contributed by atoms with Gasteiger partial charge < -0.3 is 24.3 Å². The summed E-state index contributed by atoms with van der Waals surface area (Å²) in [5.41, 5.74) is 1.00. The van der Waals surface area contributed by atoms with Crippen molar-refractivity contribution in [1.29, 1.82) is 0 Å². The van der Waals surface area contributed by atoms with Gasteiger partial charge in [0.1, 0.15) is 18.2 Å². The van der Waals surface area contributed by atoms with Crippen LogP contribution in [0.2, 0.25) is 5.02 Å². The molecule has 0 unspecified atom stereocenters. The largest absolute Gasteiger partial charge is 0.493 e. The number of amides is 1. The number of ether oxygens (including phenoxy) is 4. The molecule has 0 spiro atoms. The first kappa shape index (κ1) is 21.9. The van der Waals surface area contributed by atoms with E-state index in [0.29, 0.717) is 22.1 Å². The molecule has 10 nitrogen and oxygen atoms in total. The molecule has 1 N–H and O–H groups in total. The van der Waals surface area contributed by atoms with Gasteiger partial charge in [0.25, 0.3) is 5.91 Å². The van der Waals surface area contributed by atoms with Crippen LogP contribution in [0.1, 0.15) is 10.4 Å². The number of nitrogens with one attached hydrogen (secondary N) is 1. The smallest absolute Gasteiger partial charge is 0.342 e. The highest BCUT2D eigenvalue weighted by Crippen LogP contribution is 2.39. The van der Waals surface area contributed by atoms with Crippen LogP contribution in [-0.4, -0.2) is 54.6 Å². The average molecular weight is 447 g/mol. The molecule has 0 radical (unpaired) electrons. The lowest BCUT2D eigenvalue weighted by atomic mass is 10.1. The Balaban J connectivity index is 1.73. The van der Waals surface area contributed by atoms with Crippen LogP contribution in [0.4, 0.5) is 5.69 Å². The van der Waals surface area contributed by atoms with E-state index in [0.717, 1.165) is 0 Å². The van der Waals surface area contributed by atoms with E-state index in [1.807, 2.05) is 0 Å². The summed E-state index contributed by atoms with van der Waals surface area (Å²) in [5.74, 6) is -0.585. The number of benzene rings is 2. The third kappa shape index (κ3) is 4.86. The van der Waals surface area contributed by atoms with Crippen LogP contribution in [0, 0.1) is 0 Å². The molecule has 0 bridgehead atoms. The number of carbonyl (C=O) groups excluding carboxylic acids is 2. The molecule has 2 aromatic carbocycles. The minimum atomic E-state index is -0.768. The van der Waals surface area contributed by atoms with E-state index in [4.69, 9.17) is 30.5 Å². The van der Waals surface area contributed by atoms with Crippen LogP contribution in [0.5, 0.6) is 17.2 Å². The van der Waals surface area contributed by atoms with Crippen molar-refractivity contribution in [3.8, 4) is 22.9 Å². The highest BCUT2D eigenvalue weighted by molar-refractivity contribution is 6.31. The lowest BCUT2D eigenvalue weighted by Crippen LogP contribution is -2.22. The third-order valence-corrected chi connectivity index (χ3v) is 4.39. The number of hydrogen-bond donors (Lipinski definition) is 1. The maximum absolute atomic E-state index is 12.5. The zero-order valence-corrected chi connectivity index (χ0v) is 17.7. The molecule has 0 atom stereocenters. The second-order valence-corrected chi connectivity index (χ2v) is 6.44. The number of carbonyl (C=O) groups is 2. The molecule has 3 rings (SSSR count). The molecule has 0 fully saturated rings. The zero-order valence-electron chi connectivity index (χ0n) is 16.9. The molecule has 31 heavy (non-hydrogen) atoms. The lowest BCUT2D eigenvalue weighted by Gasteiger charge is -2.15. The number of anilines is 1. The van der Waals surface area contributed by atoms with Gasteiger partial charge in [0.05, 0.1) is 32.7 Å². The van der Waals surface area contributed by atoms with Gasteiger partial charge in [-0.1, -0.05) is 11.6 Å². The van der Waals surface area contributed by atoms with Crippen molar-refractivity contribution < 1.29 is 28.5 Å². The Labute approximate surface area is 182 Å². The molecular weight excluding hydrogens is 428 g/mol. The van der Waals surface area contributed by atoms with Gasteiger partial charge in [0, 0.05) is 5.02 Å². The number of esters is 1. The number of nitrogens with zero attached hydrogens (tertiary/aromatic N) is 3. The van der Waals surface area contributed by atoms with Gasteiger partial charge in [-0.3, -0.25) is 4.79 Å². The van der Waals surface area contributed by atoms with Crippen molar-refractivity contribution in [3.63, 3.8) is 0 Å². The van der Waals surface area contributed by atoms with E-state index in [-0.39, 0.29) is 17.1 Å². The Bertz CT molecular complexity index is 1090. The first-order chi connectivity index (χ1) is 15.0. The van der Waals surface area contributed by atoms with Crippen LogP contribution in [0.25, 0.3) is 5.69 Å². The SMILES string of the molecule is COc1ccc(C(=O)OCC(=O)Nc2cc(Cl)ccc2-n2cncn2)c(OC)c1OC. The minimum Gasteiger partial charge on any atom is -0.493 e. The van der Waals surface area contributed by atoms with E-state index >= 15 is 0 Å². The Kier molecular flexibility index (Phi) is 6.93. The van der Waals surface area contributed by atoms with E-state index in [1.165, 1.54) is 50.8 Å². The second kappa shape index (κ2) is 9.81. The summed E-state index contributed by atoms with van der Waals surface area (Å²) in [6.07, 6.45) is 2.83. The number of methoxy groups -OCH3 is 3. The number of aromatic nitrogens is 3. The van der Waals surface area contributed by atoms with Crippen molar-refractivity contribution in [3.05, 3.63) is 53.6 Å². The maximum Gasteiger partial charge on any atom is 0.342 e. The first-order valence-electron chi connectivity index (χ1n) is 8.89. The van der Waals surface area contributed by atoms with Crippen LogP contribution >= 0.6 is 11.6 Å². The molecule has 162 valence electrons. The molecule has 11 heteroatoms. The molecule has 1 amide bonds. The fourth-order valence-corrected chi connectivity index (χ4v) is 2.97. The predicted octanol–water partition coefficient (Wildman–Crippen LogP) is 2.74. The lowest BCUT2D eigenvalue weighted by molar-refractivity contribution is -0.119. The molecule has 0 aliphatic rings. The minimum absolute atomic E-state index is 0.0824. The first-order valence-corrected chi connectivity index (χ1v) is 9.26. The normalized spacial score (nSPS) is 10.3. The van der Waals surface area contributed by atoms with Crippen LogP contribution in [0.15, 0.2) is 43.0 Å². The molecule has 1 aromatic heterocycles. The van der Waals surface area contributed by atoms with E-state index < -0.39 is 18.5 Å². The number of hydrogen-bond acceptors (Lipinski definition) is 8. The molecule has 3 aromatic rings. The van der Waals surface area contributed by atoms with Crippen LogP contribution < -0.4 is 19.5 Å². The van der Waals surface area contributed by atoms with Gasteiger partial charge in [0.2, 0.25) is 5.75 Å². The Morgan fingerprint density at radius 2 is 1.84 bits per heavy atom. The fraction of sp³-hybridized carbons (Fsp3) is 0.200. The summed E-state index contributed by atoms with van der Waals surface area (Å²) >= 11 is 6.04. The van der Waals surface area contributed by atoms with Crippen molar-refractivity contribution in [2.75, 3.05) is 33.3 Å². The van der Waals surface area contributed by atoms with Gasteiger partial charge >= 0.3 is 5.97 Å². The van der Waals surface area contributed by atoms with Crippen molar-refractivity contribution >= 4 is 29.2 Å². The summed E-state index contributed by atoms with van der Waals surface area (Å²) in [4.78, 5) is 28.8. The van der Waals surface area contributed by atoms with Crippen LogP contribution in [-0.2, 0) is 9.53 Å². The summed E-state index contributed by atoms with van der Waals surface area (Å²) in [6.45, 7) is -0.542. The van der Waals surface area contributed by atoms with E-state index in [9.17, 15) is 9.59 Å². The quantitative estimate of drug-likeness (QED) is 0.525. The summed E-state index contributed by atoms with van der Waals surface area (Å²) in [6, 6.07) is 7.87. The third-order valence-electron chi connectivity index (χ3n) is 4.16. The molecule has 0 aliphatic heterocycles. The maximum atomic E-state index is 12.5. The van der Waals surface area contributed by atoms with Crippen molar-refractivity contribution in [2.24, 2.45) is 0 Å². The molecule has 0 saturated heterocycles. The highest BCUT2D eigenvalue weighted by Gasteiger charge is 2.22. The highest BCUT2D eigenvalue weighted by atomic mass is 35.5. The Morgan fingerprint density at radius 1 is 1.06 bits per heavy atom. The van der Waals surface area contributed by atoms with Crippen molar-refractivity contribution in [2.45, 2.75) is 0 Å². The molecular formula is C20H19ClN4O6. The molecule has 0 aliphatic carbocycles. The average Bonchev–Trinajstić information content (AvgIpc) is 3.31. The van der Waals surface area contributed by atoms with E-state index in [2.05, 4.69) is 15.4 Å². The number of rotatable bonds is 8. The fourth-order valence-electron chi connectivity index (χ4n) is 2.80. The topological polar surface area (TPSA) is 114 Å². The second-order valence-electron chi connectivity index (χ2n) is 6.01. The van der Waals surface area contributed by atoms with E-state index in [1.54, 1.807) is 18.2 Å². The molecule has 0 saturated carbocycles. The standard InChI is InChI=1S/C20H19ClN4O6/c1-28-16-7-5-13(18(29-2)19(16)30-3)20(27)31-9-17(26)24-14-8-12(21)4-6-15(14)25-11-22-10-23-25/h4-8,10-11H,9H2,1-3H3,(H,24,26). The van der Waals surface area contributed by atoms with Crippen LogP contribution in [0.3, 0.4) is 0 Å². The Hall–Kier alpha value is -3.79. The molecule has 1 heterocycles. The van der Waals surface area contributed by atoms with Gasteiger partial charge in [-0.25, -0.2) is 14.5 Å². The predicted molar refractivity (Wildman–Crippen MR) is 111 cm³/mol. The van der Waals surface area contributed by atoms with Gasteiger partial charge in [0.15, 0.2) is 18.1 Å².